The van der Waals surface area contributed by atoms with Gasteiger partial charge in [0.25, 0.3) is 15.0 Å². The van der Waals surface area contributed by atoms with Gasteiger partial charge in [0, 0.05) is 10.7 Å². The van der Waals surface area contributed by atoms with Crippen LogP contribution in [0.25, 0.3) is 0 Å². The fourth-order valence-corrected chi connectivity index (χ4v) is 3.68. The van der Waals surface area contributed by atoms with Crippen LogP contribution in [-0.2, 0) is 9.05 Å². The third-order valence-electron chi connectivity index (χ3n) is 2.16. The van der Waals surface area contributed by atoms with Crippen molar-refractivity contribution < 1.29 is 17.6 Å². The molecule has 0 saturated heterocycles. The van der Waals surface area contributed by atoms with Crippen molar-refractivity contribution in [1.82, 2.24) is 9.97 Å². The van der Waals surface area contributed by atoms with Crippen LogP contribution in [0.4, 0.5) is 9.52 Å². The van der Waals surface area contributed by atoms with Crippen molar-refractivity contribution in [3.8, 4) is 0 Å². The second kappa shape index (κ2) is 5.43. The lowest BCUT2D eigenvalue weighted by Crippen LogP contribution is -2.13. The lowest BCUT2D eigenvalue weighted by molar-refractivity contribution is 0.102. The highest BCUT2D eigenvalue weighted by molar-refractivity contribution is 8.15. The molecule has 2 rings (SSSR count). The fraction of sp³-hybridized carbons (Fsp3) is 0.100. The first-order valence-electron chi connectivity index (χ1n) is 5.12. The van der Waals surface area contributed by atoms with Gasteiger partial charge in [-0.05, 0) is 19.1 Å². The standard InChI is InChI=1S/C10H7ClFN3O3S2/c1-5-9(20(11,17)18)19-10(14-5)15-8(16)7-3-2-6(12)4-13-7/h2-4H,1H3,(H,14,15,16). The fourth-order valence-electron chi connectivity index (χ4n) is 1.33. The van der Waals surface area contributed by atoms with E-state index in [1.165, 1.54) is 13.0 Å². The topological polar surface area (TPSA) is 89.0 Å². The van der Waals surface area contributed by atoms with Crippen LogP contribution in [0.15, 0.2) is 22.5 Å². The molecular weight excluding hydrogens is 329 g/mol. The minimum Gasteiger partial charge on any atom is -0.296 e. The van der Waals surface area contributed by atoms with Crippen molar-refractivity contribution in [1.29, 1.82) is 0 Å². The van der Waals surface area contributed by atoms with Gasteiger partial charge in [0.2, 0.25) is 0 Å². The molecule has 0 aromatic carbocycles. The Morgan fingerprint density at radius 1 is 1.45 bits per heavy atom. The van der Waals surface area contributed by atoms with E-state index in [1.807, 2.05) is 0 Å². The number of aromatic nitrogens is 2. The summed E-state index contributed by atoms with van der Waals surface area (Å²) < 4.78 is 35.0. The summed E-state index contributed by atoms with van der Waals surface area (Å²) in [7, 11) is 1.32. The molecule has 0 unspecified atom stereocenters. The molecule has 10 heteroatoms. The molecule has 106 valence electrons. The molecule has 20 heavy (non-hydrogen) atoms. The minimum atomic E-state index is -3.91. The first kappa shape index (κ1) is 14.8. The number of amides is 1. The Bertz CT molecular complexity index is 759. The molecule has 0 saturated carbocycles. The summed E-state index contributed by atoms with van der Waals surface area (Å²) in [5.41, 5.74) is 0.168. The molecule has 0 aliphatic carbocycles. The van der Waals surface area contributed by atoms with E-state index >= 15 is 0 Å². The zero-order chi connectivity index (χ0) is 14.9. The van der Waals surface area contributed by atoms with E-state index in [1.54, 1.807) is 0 Å². The van der Waals surface area contributed by atoms with Crippen LogP contribution < -0.4 is 5.32 Å². The van der Waals surface area contributed by atoms with Gasteiger partial charge < -0.3 is 0 Å². The number of nitrogens with zero attached hydrogens (tertiary/aromatic N) is 2. The largest absolute Gasteiger partial charge is 0.296 e. The summed E-state index contributed by atoms with van der Waals surface area (Å²) in [6, 6.07) is 2.29. The number of thiazole rings is 1. The molecular formula is C10H7ClFN3O3S2. The average Bonchev–Trinajstić information content (AvgIpc) is 2.70. The van der Waals surface area contributed by atoms with Gasteiger partial charge in [-0.3, -0.25) is 10.1 Å². The highest BCUT2D eigenvalue weighted by Gasteiger charge is 2.20. The van der Waals surface area contributed by atoms with Crippen molar-refractivity contribution in [3.63, 3.8) is 0 Å². The maximum Gasteiger partial charge on any atom is 0.276 e. The second-order valence-electron chi connectivity index (χ2n) is 3.65. The number of carbonyl (C=O) groups excluding carboxylic acids is 1. The van der Waals surface area contributed by atoms with Gasteiger partial charge in [0.1, 0.15) is 11.5 Å². The van der Waals surface area contributed by atoms with E-state index in [0.29, 0.717) is 0 Å². The normalized spacial score (nSPS) is 11.3. The zero-order valence-electron chi connectivity index (χ0n) is 9.92. The third-order valence-corrected chi connectivity index (χ3v) is 5.41. The van der Waals surface area contributed by atoms with Crippen LogP contribution >= 0.6 is 22.0 Å². The monoisotopic (exact) mass is 335 g/mol. The number of pyridine rings is 1. The molecule has 0 spiro atoms. The molecule has 2 aromatic rings. The lowest BCUT2D eigenvalue weighted by Gasteiger charge is -1.99. The zero-order valence-corrected chi connectivity index (χ0v) is 12.3. The van der Waals surface area contributed by atoms with Crippen LogP contribution in [0.2, 0.25) is 0 Å². The molecule has 6 nitrogen and oxygen atoms in total. The van der Waals surface area contributed by atoms with Crippen molar-refractivity contribution in [2.75, 3.05) is 5.32 Å². The maximum absolute atomic E-state index is 12.7. The predicted molar refractivity (Wildman–Crippen MR) is 72.0 cm³/mol. The van der Waals surface area contributed by atoms with Gasteiger partial charge >= 0.3 is 0 Å². The SMILES string of the molecule is Cc1nc(NC(=O)c2ccc(F)cn2)sc1S(=O)(=O)Cl. The number of aryl methyl sites for hydroxylation is 1. The number of rotatable bonds is 3. The summed E-state index contributed by atoms with van der Waals surface area (Å²) in [5.74, 6) is -1.19. The second-order valence-corrected chi connectivity index (χ2v) is 7.41. The smallest absolute Gasteiger partial charge is 0.276 e. The highest BCUT2D eigenvalue weighted by atomic mass is 35.7. The Kier molecular flexibility index (Phi) is 4.02. The molecule has 0 radical (unpaired) electrons. The molecule has 1 N–H and O–H groups in total. The third kappa shape index (κ3) is 3.30. The Labute approximate surface area is 122 Å². The summed E-state index contributed by atoms with van der Waals surface area (Å²) in [4.78, 5) is 19.3. The summed E-state index contributed by atoms with van der Waals surface area (Å²) >= 11 is 0.728. The Morgan fingerprint density at radius 2 is 2.15 bits per heavy atom. The van der Waals surface area contributed by atoms with E-state index in [9.17, 15) is 17.6 Å². The van der Waals surface area contributed by atoms with Gasteiger partial charge in [-0.1, -0.05) is 11.3 Å². The molecule has 0 aliphatic rings. The van der Waals surface area contributed by atoms with E-state index < -0.39 is 20.8 Å². The van der Waals surface area contributed by atoms with Gasteiger partial charge in [-0.25, -0.2) is 22.8 Å². The molecule has 2 aromatic heterocycles. The number of hydrogen-bond acceptors (Lipinski definition) is 6. The number of hydrogen-bond donors (Lipinski definition) is 1. The van der Waals surface area contributed by atoms with Gasteiger partial charge in [0.05, 0.1) is 11.9 Å². The molecule has 0 atom stereocenters. The molecule has 1 amide bonds. The maximum atomic E-state index is 12.7. The van der Waals surface area contributed by atoms with Crippen LogP contribution in [-0.4, -0.2) is 24.3 Å². The van der Waals surface area contributed by atoms with Gasteiger partial charge in [-0.15, -0.1) is 0 Å². The number of halogens is 2. The molecule has 0 bridgehead atoms. The lowest BCUT2D eigenvalue weighted by atomic mass is 10.3. The highest BCUT2D eigenvalue weighted by Crippen LogP contribution is 2.29. The van der Waals surface area contributed by atoms with E-state index in [4.69, 9.17) is 10.7 Å². The Hall–Kier alpha value is -1.58. The van der Waals surface area contributed by atoms with Crippen molar-refractivity contribution in [2.24, 2.45) is 0 Å². The Balaban J connectivity index is 2.23. The van der Waals surface area contributed by atoms with Crippen LogP contribution in [0.3, 0.4) is 0 Å². The first-order valence-corrected chi connectivity index (χ1v) is 8.25. The summed E-state index contributed by atoms with van der Waals surface area (Å²) in [6.45, 7) is 1.46. The van der Waals surface area contributed by atoms with Crippen LogP contribution in [0.5, 0.6) is 0 Å². The predicted octanol–water partition coefficient (Wildman–Crippen LogP) is 2.17. The number of nitrogens with one attached hydrogen (secondary N) is 1. The average molecular weight is 336 g/mol. The van der Waals surface area contributed by atoms with E-state index in [-0.39, 0.29) is 20.7 Å². The molecule has 0 aliphatic heterocycles. The molecule has 0 fully saturated rings. The molecule has 2 heterocycles. The van der Waals surface area contributed by atoms with Gasteiger partial charge in [-0.2, -0.15) is 0 Å². The van der Waals surface area contributed by atoms with Crippen LogP contribution in [0.1, 0.15) is 16.2 Å². The summed E-state index contributed by atoms with van der Waals surface area (Å²) in [5, 5.41) is 2.44. The first-order chi connectivity index (χ1) is 9.27. The van der Waals surface area contributed by atoms with E-state index in [2.05, 4.69) is 15.3 Å². The van der Waals surface area contributed by atoms with Gasteiger partial charge in [0.15, 0.2) is 9.34 Å². The quantitative estimate of drug-likeness (QED) is 0.868. The Morgan fingerprint density at radius 3 is 2.65 bits per heavy atom. The minimum absolute atomic E-state index is 0.0190. The van der Waals surface area contributed by atoms with Crippen molar-refractivity contribution >= 4 is 42.1 Å². The van der Waals surface area contributed by atoms with E-state index in [0.717, 1.165) is 23.6 Å². The number of carbonyl (C=O) groups is 1. The summed E-state index contributed by atoms with van der Waals surface area (Å²) in [6.07, 6.45) is 0.899. The van der Waals surface area contributed by atoms with Crippen molar-refractivity contribution in [3.05, 3.63) is 35.5 Å². The number of anilines is 1. The van der Waals surface area contributed by atoms with Crippen molar-refractivity contribution in [2.45, 2.75) is 11.1 Å². The van der Waals surface area contributed by atoms with Crippen LogP contribution in [0, 0.1) is 12.7 Å².